The Morgan fingerprint density at radius 1 is 1.50 bits per heavy atom. The van der Waals surface area contributed by atoms with Crippen LogP contribution in [-0.4, -0.2) is 23.5 Å². The predicted octanol–water partition coefficient (Wildman–Crippen LogP) is 2.89. The number of aromatic nitrogens is 1. The van der Waals surface area contributed by atoms with E-state index in [0.717, 1.165) is 6.54 Å². The van der Waals surface area contributed by atoms with E-state index < -0.39 is 0 Å². The summed E-state index contributed by atoms with van der Waals surface area (Å²) >= 11 is 6.09. The van der Waals surface area contributed by atoms with Gasteiger partial charge in [0.1, 0.15) is 5.15 Å². The fourth-order valence-corrected chi connectivity index (χ4v) is 2.36. The summed E-state index contributed by atoms with van der Waals surface area (Å²) in [6, 6.07) is 4.51. The van der Waals surface area contributed by atoms with Gasteiger partial charge in [0.2, 0.25) is 0 Å². The lowest BCUT2D eigenvalue weighted by Crippen LogP contribution is -2.29. The van der Waals surface area contributed by atoms with Gasteiger partial charge < -0.3 is 0 Å². The van der Waals surface area contributed by atoms with Crippen LogP contribution in [0.5, 0.6) is 0 Å². The molecule has 0 saturated carbocycles. The Balaban J connectivity index is 2.25. The largest absolute Gasteiger partial charge is 0.299 e. The highest BCUT2D eigenvalue weighted by Crippen LogP contribution is 2.32. The van der Waals surface area contributed by atoms with E-state index in [4.69, 9.17) is 11.6 Å². The fourth-order valence-electron chi connectivity index (χ4n) is 2.12. The molecule has 1 aromatic rings. The van der Waals surface area contributed by atoms with E-state index in [1.807, 2.05) is 6.07 Å². The van der Waals surface area contributed by atoms with E-state index in [0.29, 0.717) is 11.2 Å². The molecular formula is C11H15ClN2. The first kappa shape index (κ1) is 9.94. The van der Waals surface area contributed by atoms with Crippen LogP contribution in [0.1, 0.15) is 30.9 Å². The monoisotopic (exact) mass is 210 g/mol. The second kappa shape index (κ2) is 4.28. The average molecular weight is 211 g/mol. The molecule has 76 valence electrons. The van der Waals surface area contributed by atoms with Crippen LogP contribution in [0.2, 0.25) is 5.15 Å². The minimum absolute atomic E-state index is 0.463. The molecule has 14 heavy (non-hydrogen) atoms. The van der Waals surface area contributed by atoms with Crippen molar-refractivity contribution in [2.24, 2.45) is 0 Å². The van der Waals surface area contributed by atoms with Crippen LogP contribution >= 0.6 is 11.6 Å². The zero-order valence-electron chi connectivity index (χ0n) is 8.41. The molecule has 1 fully saturated rings. The third-order valence-electron chi connectivity index (χ3n) is 2.92. The van der Waals surface area contributed by atoms with E-state index >= 15 is 0 Å². The summed E-state index contributed by atoms with van der Waals surface area (Å²) in [6.07, 6.45) is 5.53. The predicted molar refractivity (Wildman–Crippen MR) is 58.5 cm³/mol. The van der Waals surface area contributed by atoms with Gasteiger partial charge in [0, 0.05) is 17.8 Å². The van der Waals surface area contributed by atoms with Gasteiger partial charge >= 0.3 is 0 Å². The molecule has 1 atom stereocenters. The van der Waals surface area contributed by atoms with Gasteiger partial charge in [-0.15, -0.1) is 0 Å². The molecule has 0 spiro atoms. The van der Waals surface area contributed by atoms with Crippen LogP contribution in [0.15, 0.2) is 18.3 Å². The van der Waals surface area contributed by atoms with Crippen molar-refractivity contribution >= 4 is 11.6 Å². The molecule has 1 unspecified atom stereocenters. The zero-order chi connectivity index (χ0) is 9.97. The van der Waals surface area contributed by atoms with Crippen molar-refractivity contribution in [3.05, 3.63) is 29.0 Å². The van der Waals surface area contributed by atoms with Gasteiger partial charge in [0.15, 0.2) is 0 Å². The molecule has 2 nitrogen and oxygen atoms in total. The minimum Gasteiger partial charge on any atom is -0.299 e. The van der Waals surface area contributed by atoms with E-state index in [1.54, 1.807) is 6.20 Å². The van der Waals surface area contributed by atoms with E-state index in [9.17, 15) is 0 Å². The Bertz CT molecular complexity index is 314. The molecule has 0 N–H and O–H groups in total. The van der Waals surface area contributed by atoms with Crippen LogP contribution in [0, 0.1) is 0 Å². The van der Waals surface area contributed by atoms with Crippen molar-refractivity contribution < 1.29 is 0 Å². The van der Waals surface area contributed by atoms with Crippen LogP contribution < -0.4 is 0 Å². The summed E-state index contributed by atoms with van der Waals surface area (Å²) in [6.45, 7) is 1.16. The lowest BCUT2D eigenvalue weighted by molar-refractivity contribution is 0.187. The Morgan fingerprint density at radius 3 is 3.07 bits per heavy atom. The van der Waals surface area contributed by atoms with E-state index in [-0.39, 0.29) is 0 Å². The number of nitrogens with zero attached hydrogens (tertiary/aromatic N) is 2. The first-order valence-corrected chi connectivity index (χ1v) is 5.47. The first-order chi connectivity index (χ1) is 6.79. The topological polar surface area (TPSA) is 16.1 Å². The molecule has 1 aliphatic heterocycles. The van der Waals surface area contributed by atoms with Gasteiger partial charge in [-0.05, 0) is 32.5 Å². The summed E-state index contributed by atoms with van der Waals surface area (Å²) in [4.78, 5) is 6.49. The van der Waals surface area contributed by atoms with Gasteiger partial charge in [0.25, 0.3) is 0 Å². The number of piperidine rings is 1. The quantitative estimate of drug-likeness (QED) is 0.663. The van der Waals surface area contributed by atoms with Crippen LogP contribution in [0.4, 0.5) is 0 Å². The average Bonchev–Trinajstić information content (AvgIpc) is 2.20. The summed E-state index contributed by atoms with van der Waals surface area (Å²) < 4.78 is 0. The standard InChI is InChI=1S/C11H15ClN2/c1-14-8-3-2-6-10(14)9-5-4-7-13-11(9)12/h4-5,7,10H,2-3,6,8H2,1H3. The van der Waals surface area contributed by atoms with Gasteiger partial charge in [-0.3, -0.25) is 4.90 Å². The molecule has 1 saturated heterocycles. The Morgan fingerprint density at radius 2 is 2.36 bits per heavy atom. The van der Waals surface area contributed by atoms with Crippen molar-refractivity contribution in [1.29, 1.82) is 0 Å². The van der Waals surface area contributed by atoms with Gasteiger partial charge in [-0.25, -0.2) is 4.98 Å². The number of halogens is 1. The maximum Gasteiger partial charge on any atom is 0.133 e. The Kier molecular flexibility index (Phi) is 3.04. The first-order valence-electron chi connectivity index (χ1n) is 5.09. The van der Waals surface area contributed by atoms with Crippen molar-refractivity contribution in [3.63, 3.8) is 0 Å². The van der Waals surface area contributed by atoms with Gasteiger partial charge in [-0.1, -0.05) is 24.1 Å². The highest BCUT2D eigenvalue weighted by Gasteiger charge is 2.22. The number of hydrogen-bond acceptors (Lipinski definition) is 2. The molecule has 0 aromatic carbocycles. The second-order valence-corrected chi connectivity index (χ2v) is 4.23. The van der Waals surface area contributed by atoms with Crippen LogP contribution in [0.25, 0.3) is 0 Å². The molecular weight excluding hydrogens is 196 g/mol. The fraction of sp³-hybridized carbons (Fsp3) is 0.545. The van der Waals surface area contributed by atoms with E-state index in [2.05, 4.69) is 23.0 Å². The Hall–Kier alpha value is -0.600. The van der Waals surface area contributed by atoms with Crippen LogP contribution in [0.3, 0.4) is 0 Å². The molecule has 2 rings (SSSR count). The van der Waals surface area contributed by atoms with Crippen molar-refractivity contribution in [2.75, 3.05) is 13.6 Å². The molecule has 2 heterocycles. The lowest BCUT2D eigenvalue weighted by Gasteiger charge is -2.32. The molecule has 3 heteroatoms. The minimum atomic E-state index is 0.463. The maximum atomic E-state index is 6.09. The molecule has 1 aliphatic rings. The number of rotatable bonds is 1. The number of hydrogen-bond donors (Lipinski definition) is 0. The summed E-state index contributed by atoms with van der Waals surface area (Å²) in [7, 11) is 2.16. The zero-order valence-corrected chi connectivity index (χ0v) is 9.17. The van der Waals surface area contributed by atoms with E-state index in [1.165, 1.54) is 24.8 Å². The highest BCUT2D eigenvalue weighted by molar-refractivity contribution is 6.30. The lowest BCUT2D eigenvalue weighted by atomic mass is 9.97. The summed E-state index contributed by atoms with van der Waals surface area (Å²) in [5.74, 6) is 0. The normalized spacial score (nSPS) is 23.7. The third-order valence-corrected chi connectivity index (χ3v) is 3.23. The highest BCUT2D eigenvalue weighted by atomic mass is 35.5. The van der Waals surface area contributed by atoms with Crippen molar-refractivity contribution in [1.82, 2.24) is 9.88 Å². The molecule has 0 aliphatic carbocycles. The second-order valence-electron chi connectivity index (χ2n) is 3.88. The van der Waals surface area contributed by atoms with Gasteiger partial charge in [-0.2, -0.15) is 0 Å². The summed E-state index contributed by atoms with van der Waals surface area (Å²) in [5.41, 5.74) is 1.18. The number of pyridine rings is 1. The SMILES string of the molecule is CN1CCCCC1c1cccnc1Cl. The molecule has 0 amide bonds. The number of likely N-dealkylation sites (tertiary alicyclic amines) is 1. The third kappa shape index (κ3) is 1.91. The molecule has 0 radical (unpaired) electrons. The van der Waals surface area contributed by atoms with Crippen LogP contribution in [-0.2, 0) is 0 Å². The van der Waals surface area contributed by atoms with Crippen molar-refractivity contribution in [3.8, 4) is 0 Å². The maximum absolute atomic E-state index is 6.09. The Labute approximate surface area is 89.9 Å². The molecule has 0 bridgehead atoms. The van der Waals surface area contributed by atoms with Gasteiger partial charge in [0.05, 0.1) is 0 Å². The molecule has 1 aromatic heterocycles. The van der Waals surface area contributed by atoms with Crippen molar-refractivity contribution in [2.45, 2.75) is 25.3 Å². The smallest absolute Gasteiger partial charge is 0.133 e. The summed E-state index contributed by atoms with van der Waals surface area (Å²) in [5, 5.41) is 0.659.